The Labute approximate surface area is 83.3 Å². The molecule has 5 heteroatoms. The Kier molecular flexibility index (Phi) is 2.06. The van der Waals surface area contributed by atoms with Gasteiger partial charge in [-0.05, 0) is 12.1 Å². The second-order valence-electron chi connectivity index (χ2n) is 2.35. The second-order valence-corrected chi connectivity index (χ2v) is 3.58. The topological polar surface area (TPSA) is 30.2 Å². The van der Waals surface area contributed by atoms with Crippen LogP contribution in [0, 0.1) is 0 Å². The average molecular weight is 244 g/mol. The van der Waals surface area contributed by atoms with Gasteiger partial charge >= 0.3 is 0 Å². The van der Waals surface area contributed by atoms with Crippen LogP contribution in [0.1, 0.15) is 5.82 Å². The third kappa shape index (κ3) is 1.23. The number of halogens is 1. The molecule has 0 aliphatic carbocycles. The van der Waals surface area contributed by atoms with Crippen molar-refractivity contribution in [1.29, 1.82) is 0 Å². The van der Waals surface area contributed by atoms with Crippen molar-refractivity contribution in [2.75, 3.05) is 0 Å². The van der Waals surface area contributed by atoms with E-state index in [-0.39, 0.29) is 0 Å². The lowest BCUT2D eigenvalue weighted by Crippen LogP contribution is -1.89. The zero-order valence-corrected chi connectivity index (χ0v) is 8.59. The van der Waals surface area contributed by atoms with Gasteiger partial charge in [0, 0.05) is 10.7 Å². The van der Waals surface area contributed by atoms with Gasteiger partial charge < -0.3 is 0 Å². The van der Waals surface area contributed by atoms with Crippen molar-refractivity contribution in [3.63, 3.8) is 0 Å². The van der Waals surface area contributed by atoms with Crippen molar-refractivity contribution in [2.24, 2.45) is 0 Å². The molecule has 62 valence electrons. The molecule has 0 amide bonds. The van der Waals surface area contributed by atoms with E-state index < -0.39 is 0 Å². The fraction of sp³-hybridized carbons (Fsp3) is 0.143. The summed E-state index contributed by atoms with van der Waals surface area (Å²) in [7, 11) is 0. The van der Waals surface area contributed by atoms with Crippen LogP contribution in [-0.2, 0) is 5.75 Å². The van der Waals surface area contributed by atoms with Crippen LogP contribution in [0.5, 0.6) is 0 Å². The van der Waals surface area contributed by atoms with E-state index in [1.54, 1.807) is 0 Å². The molecule has 0 saturated carbocycles. The minimum Gasteiger partial charge on any atom is -0.286 e. The summed E-state index contributed by atoms with van der Waals surface area (Å²) < 4.78 is 2.92. The summed E-state index contributed by atoms with van der Waals surface area (Å²) in [6.45, 7) is 0. The zero-order valence-electron chi connectivity index (χ0n) is 6.11. The third-order valence-electron chi connectivity index (χ3n) is 1.58. The van der Waals surface area contributed by atoms with Crippen molar-refractivity contribution in [3.8, 4) is 0 Å². The third-order valence-corrected chi connectivity index (χ3v) is 2.36. The number of nitrogens with zero attached hydrogens (tertiary/aromatic N) is 3. The molecule has 0 bridgehead atoms. The molecule has 0 aromatic carbocycles. The van der Waals surface area contributed by atoms with Gasteiger partial charge in [0.15, 0.2) is 5.65 Å². The molecular weight excluding hydrogens is 238 g/mol. The summed E-state index contributed by atoms with van der Waals surface area (Å²) in [6, 6.07) is 3.86. The first-order valence-electron chi connectivity index (χ1n) is 3.41. The van der Waals surface area contributed by atoms with Crippen LogP contribution in [-0.4, -0.2) is 14.6 Å². The molecule has 0 unspecified atom stereocenters. The summed E-state index contributed by atoms with van der Waals surface area (Å²) in [6.07, 6.45) is 1.92. The molecule has 0 atom stereocenters. The van der Waals surface area contributed by atoms with Crippen LogP contribution in [0.2, 0.25) is 0 Å². The maximum Gasteiger partial charge on any atom is 0.161 e. The van der Waals surface area contributed by atoms with E-state index in [9.17, 15) is 0 Å². The molecule has 3 nitrogen and oxygen atoms in total. The van der Waals surface area contributed by atoms with Crippen LogP contribution >= 0.6 is 28.6 Å². The Balaban J connectivity index is 2.73. The molecule has 0 N–H and O–H groups in total. The Bertz CT molecular complexity index is 412. The predicted octanol–water partition coefficient (Wildman–Crippen LogP) is 1.92. The van der Waals surface area contributed by atoms with Gasteiger partial charge in [-0.15, -0.1) is 10.2 Å². The van der Waals surface area contributed by atoms with Crippen molar-refractivity contribution >= 4 is 34.2 Å². The number of hydrogen-bond donors (Lipinski definition) is 1. The van der Waals surface area contributed by atoms with Gasteiger partial charge in [-0.3, -0.25) is 4.40 Å². The maximum absolute atomic E-state index is 4.14. The molecule has 0 aliphatic rings. The highest BCUT2D eigenvalue weighted by Gasteiger charge is 2.02. The SMILES string of the molecule is SCc1nnc2cc(Br)ccn12. The van der Waals surface area contributed by atoms with Crippen LogP contribution in [0.25, 0.3) is 5.65 Å². The molecule has 0 spiro atoms. The van der Waals surface area contributed by atoms with Gasteiger partial charge in [0.25, 0.3) is 0 Å². The second kappa shape index (κ2) is 3.06. The number of fused-ring (bicyclic) bond motifs is 1. The van der Waals surface area contributed by atoms with Gasteiger partial charge in [-0.2, -0.15) is 12.6 Å². The average Bonchev–Trinajstić information content (AvgIpc) is 2.46. The van der Waals surface area contributed by atoms with E-state index in [1.807, 2.05) is 22.7 Å². The molecule has 0 radical (unpaired) electrons. The molecule has 12 heavy (non-hydrogen) atoms. The summed E-state index contributed by atoms with van der Waals surface area (Å²) in [5.41, 5.74) is 0.841. The normalized spacial score (nSPS) is 10.8. The van der Waals surface area contributed by atoms with Crippen molar-refractivity contribution in [1.82, 2.24) is 14.6 Å². The zero-order chi connectivity index (χ0) is 8.55. The fourth-order valence-electron chi connectivity index (χ4n) is 1.02. The lowest BCUT2D eigenvalue weighted by atomic mass is 10.5. The van der Waals surface area contributed by atoms with Crippen LogP contribution in [0.3, 0.4) is 0 Å². The lowest BCUT2D eigenvalue weighted by Gasteiger charge is -1.94. The molecule has 0 aliphatic heterocycles. The minimum absolute atomic E-state index is 0.600. The Hall–Kier alpha value is -0.550. The molecule has 0 saturated heterocycles. The number of hydrogen-bond acceptors (Lipinski definition) is 3. The van der Waals surface area contributed by atoms with Crippen LogP contribution in [0.4, 0.5) is 0 Å². The Morgan fingerprint density at radius 2 is 2.33 bits per heavy atom. The molecule has 2 heterocycles. The summed E-state index contributed by atoms with van der Waals surface area (Å²) >= 11 is 7.51. The minimum atomic E-state index is 0.600. The highest BCUT2D eigenvalue weighted by atomic mass is 79.9. The van der Waals surface area contributed by atoms with Gasteiger partial charge in [0.05, 0.1) is 5.75 Å². The van der Waals surface area contributed by atoms with Gasteiger partial charge in [0.2, 0.25) is 0 Å². The van der Waals surface area contributed by atoms with Gasteiger partial charge in [0.1, 0.15) is 5.82 Å². The maximum atomic E-state index is 4.14. The number of aromatic nitrogens is 3. The first-order valence-corrected chi connectivity index (χ1v) is 4.84. The van der Waals surface area contributed by atoms with Gasteiger partial charge in [-0.25, -0.2) is 0 Å². The van der Waals surface area contributed by atoms with E-state index in [0.717, 1.165) is 15.9 Å². The smallest absolute Gasteiger partial charge is 0.161 e. The molecule has 2 rings (SSSR count). The summed E-state index contributed by atoms with van der Waals surface area (Å²) in [5, 5.41) is 7.96. The molecule has 0 fully saturated rings. The largest absolute Gasteiger partial charge is 0.286 e. The number of rotatable bonds is 1. The number of thiol groups is 1. The van der Waals surface area contributed by atoms with Crippen molar-refractivity contribution in [3.05, 3.63) is 28.6 Å². The van der Waals surface area contributed by atoms with Gasteiger partial charge in [-0.1, -0.05) is 15.9 Å². The van der Waals surface area contributed by atoms with Crippen LogP contribution in [0.15, 0.2) is 22.8 Å². The quantitative estimate of drug-likeness (QED) is 0.777. The molecule has 2 aromatic heterocycles. The number of pyridine rings is 1. The van der Waals surface area contributed by atoms with E-state index >= 15 is 0 Å². The lowest BCUT2D eigenvalue weighted by molar-refractivity contribution is 0.992. The molecular formula is C7H6BrN3S. The van der Waals surface area contributed by atoms with E-state index in [4.69, 9.17) is 0 Å². The fourth-order valence-corrected chi connectivity index (χ4v) is 1.56. The molecule has 2 aromatic rings. The Morgan fingerprint density at radius 3 is 3.08 bits per heavy atom. The van der Waals surface area contributed by atoms with Crippen molar-refractivity contribution in [2.45, 2.75) is 5.75 Å². The van der Waals surface area contributed by atoms with E-state index in [1.165, 1.54) is 0 Å². The highest BCUT2D eigenvalue weighted by molar-refractivity contribution is 9.10. The summed E-state index contributed by atoms with van der Waals surface area (Å²) in [5.74, 6) is 1.46. The first-order chi connectivity index (χ1) is 5.81. The predicted molar refractivity (Wildman–Crippen MR) is 53.4 cm³/mol. The van der Waals surface area contributed by atoms with E-state index in [0.29, 0.717) is 5.75 Å². The highest BCUT2D eigenvalue weighted by Crippen LogP contribution is 2.13. The van der Waals surface area contributed by atoms with Crippen molar-refractivity contribution < 1.29 is 0 Å². The first kappa shape index (κ1) is 8.07. The van der Waals surface area contributed by atoms with Crippen LogP contribution < -0.4 is 0 Å². The van der Waals surface area contributed by atoms with E-state index in [2.05, 4.69) is 38.8 Å². The Morgan fingerprint density at radius 1 is 1.50 bits per heavy atom. The summed E-state index contributed by atoms with van der Waals surface area (Å²) in [4.78, 5) is 0. The monoisotopic (exact) mass is 243 g/mol. The standard InChI is InChI=1S/C7H6BrN3S/c8-5-1-2-11-6(3-5)9-10-7(11)4-12/h1-3,12H,4H2.